The number of nitrogens with one attached hydrogen (secondary N) is 2. The number of fused-ring (bicyclic) bond motifs is 1. The summed E-state index contributed by atoms with van der Waals surface area (Å²) in [6.07, 6.45) is -2.01. The van der Waals surface area contributed by atoms with E-state index in [-0.39, 0.29) is 18.0 Å². The molecule has 0 bridgehead atoms. The molecule has 4 N–H and O–H groups in total. The Kier molecular flexibility index (Phi) is 8.83. The van der Waals surface area contributed by atoms with Crippen molar-refractivity contribution < 1.29 is 34.1 Å². The molecule has 39 heavy (non-hydrogen) atoms. The maximum absolute atomic E-state index is 12.9. The van der Waals surface area contributed by atoms with Crippen molar-refractivity contribution in [1.82, 2.24) is 25.7 Å². The summed E-state index contributed by atoms with van der Waals surface area (Å²) in [7, 11) is 0. The van der Waals surface area contributed by atoms with Crippen molar-refractivity contribution in [3.8, 4) is 0 Å². The number of rotatable bonds is 9. The predicted octanol–water partition coefficient (Wildman–Crippen LogP) is 2.13. The summed E-state index contributed by atoms with van der Waals surface area (Å²) in [5.74, 6) is -1.91. The first-order valence-electron chi connectivity index (χ1n) is 11.8. The van der Waals surface area contributed by atoms with Crippen molar-refractivity contribution in [3.05, 3.63) is 52.2 Å². The van der Waals surface area contributed by atoms with E-state index < -0.39 is 47.0 Å². The number of hydrogen-bond donors (Lipinski definition) is 4. The first-order valence-corrected chi connectivity index (χ1v) is 14.6. The molecule has 3 amide bonds. The number of benzene rings is 1. The van der Waals surface area contributed by atoms with Gasteiger partial charge in [-0.05, 0) is 31.9 Å². The lowest BCUT2D eigenvalue weighted by atomic mass is 10.0. The largest absolute Gasteiger partial charge is 0.477 e. The zero-order valence-electron chi connectivity index (χ0n) is 21.2. The molecular weight excluding hydrogens is 566 g/mol. The first-order chi connectivity index (χ1) is 18.4. The standard InChI is InChI=1S/C24H27N5O7S3/c1-24(2,3)36-22(35)25-9-14-27-28-23(39-14)38-11-13-10-37-20-15(19(32)29(20)16(13)21(33)34)26-18(31)17(30)12-7-5-4-6-8-12/h4-8,15,17,20,30H,9-11H2,1-3H3,(H,25,35)(H,26,31)(H,33,34)/t15?,17?,20-/m0/s1. The Bertz CT molecular complexity index is 1290. The summed E-state index contributed by atoms with van der Waals surface area (Å²) < 4.78 is 5.77. The molecule has 1 fully saturated rings. The van der Waals surface area contributed by atoms with E-state index in [4.69, 9.17) is 4.74 Å². The van der Waals surface area contributed by atoms with E-state index in [1.807, 2.05) is 0 Å². The quantitative estimate of drug-likeness (QED) is 0.248. The zero-order chi connectivity index (χ0) is 28.3. The molecule has 2 aliphatic rings. The van der Waals surface area contributed by atoms with E-state index in [0.717, 1.165) is 0 Å². The predicted molar refractivity (Wildman–Crippen MR) is 145 cm³/mol. The SMILES string of the molecule is CC(C)(C)OC(=O)NCc1nnc(SCC2=C(C(=O)O)N3C(=O)C(NC(=O)C(O)c4ccccc4)[C@@H]3SC2)s1. The highest BCUT2D eigenvalue weighted by molar-refractivity contribution is 8.01. The second kappa shape index (κ2) is 11.9. The summed E-state index contributed by atoms with van der Waals surface area (Å²) in [6, 6.07) is 7.39. The molecule has 1 saturated heterocycles. The Balaban J connectivity index is 1.35. The molecule has 15 heteroatoms. The van der Waals surface area contributed by atoms with Gasteiger partial charge in [-0.3, -0.25) is 14.5 Å². The third kappa shape index (κ3) is 6.90. The van der Waals surface area contributed by atoms with Gasteiger partial charge in [0, 0.05) is 11.5 Å². The molecule has 12 nitrogen and oxygen atoms in total. The number of β-lactam (4-membered cyclic amide) rings is 1. The Morgan fingerprint density at radius 3 is 2.62 bits per heavy atom. The number of aromatic nitrogens is 2. The molecule has 0 aliphatic carbocycles. The van der Waals surface area contributed by atoms with Crippen LogP contribution in [0.25, 0.3) is 0 Å². The molecule has 2 aromatic rings. The van der Waals surface area contributed by atoms with Crippen molar-refractivity contribution >= 4 is 58.7 Å². The van der Waals surface area contributed by atoms with Gasteiger partial charge in [0.15, 0.2) is 10.4 Å². The number of carboxylic acids is 1. The lowest BCUT2D eigenvalue weighted by Crippen LogP contribution is -2.70. The Labute approximate surface area is 236 Å². The molecule has 0 radical (unpaired) electrons. The maximum atomic E-state index is 12.9. The number of hydrogen-bond acceptors (Lipinski definition) is 11. The number of alkyl carbamates (subject to hydrolysis) is 1. The van der Waals surface area contributed by atoms with Crippen molar-refractivity contribution in [2.45, 2.75) is 54.8 Å². The van der Waals surface area contributed by atoms with Crippen LogP contribution in [0.3, 0.4) is 0 Å². The Hall–Kier alpha value is -3.14. The number of carbonyl (C=O) groups excluding carboxylic acids is 3. The third-order valence-electron chi connectivity index (χ3n) is 5.51. The second-order valence-corrected chi connectivity index (χ2v) is 13.0. The minimum absolute atomic E-state index is 0.110. The van der Waals surface area contributed by atoms with Crippen LogP contribution in [0.15, 0.2) is 45.9 Å². The van der Waals surface area contributed by atoms with Crippen LogP contribution in [0.5, 0.6) is 0 Å². The molecule has 2 aliphatic heterocycles. The Morgan fingerprint density at radius 1 is 1.23 bits per heavy atom. The monoisotopic (exact) mass is 593 g/mol. The fourth-order valence-corrected chi connectivity index (χ4v) is 7.11. The fourth-order valence-electron chi connectivity index (χ4n) is 3.79. The topological polar surface area (TPSA) is 171 Å². The molecule has 2 unspecified atom stereocenters. The van der Waals surface area contributed by atoms with E-state index in [1.54, 1.807) is 51.1 Å². The van der Waals surface area contributed by atoms with Gasteiger partial charge in [0.25, 0.3) is 11.8 Å². The Morgan fingerprint density at radius 2 is 1.95 bits per heavy atom. The van der Waals surface area contributed by atoms with Crippen molar-refractivity contribution in [2.24, 2.45) is 0 Å². The number of aliphatic hydroxyl groups excluding tert-OH is 1. The van der Waals surface area contributed by atoms with Crippen LogP contribution < -0.4 is 10.6 Å². The van der Waals surface area contributed by atoms with Gasteiger partial charge in [0.1, 0.15) is 27.7 Å². The number of nitrogens with zero attached hydrogens (tertiary/aromatic N) is 3. The molecule has 3 atom stereocenters. The highest BCUT2D eigenvalue weighted by Crippen LogP contribution is 2.42. The van der Waals surface area contributed by atoms with Gasteiger partial charge in [-0.15, -0.1) is 22.0 Å². The molecule has 3 heterocycles. The van der Waals surface area contributed by atoms with Gasteiger partial charge < -0.3 is 25.6 Å². The number of aliphatic carboxylic acids is 1. The van der Waals surface area contributed by atoms with E-state index in [2.05, 4.69) is 20.8 Å². The average Bonchev–Trinajstić information content (AvgIpc) is 3.35. The summed E-state index contributed by atoms with van der Waals surface area (Å²) in [5.41, 5.74) is 0.202. The van der Waals surface area contributed by atoms with Gasteiger partial charge in [-0.25, -0.2) is 9.59 Å². The second-order valence-electron chi connectivity index (χ2n) is 9.57. The number of carbonyl (C=O) groups is 4. The first kappa shape index (κ1) is 28.9. The van der Waals surface area contributed by atoms with Crippen LogP contribution in [0.2, 0.25) is 0 Å². The molecule has 208 valence electrons. The lowest BCUT2D eigenvalue weighted by molar-refractivity contribution is -0.151. The van der Waals surface area contributed by atoms with Crippen LogP contribution in [0, 0.1) is 0 Å². The molecule has 0 saturated carbocycles. The summed E-state index contributed by atoms with van der Waals surface area (Å²) in [6.45, 7) is 5.43. The number of thioether (sulfide) groups is 2. The fraction of sp³-hybridized carbons (Fsp3) is 0.417. The van der Waals surface area contributed by atoms with E-state index in [1.165, 1.54) is 39.8 Å². The van der Waals surface area contributed by atoms with Gasteiger partial charge in [0.2, 0.25) is 0 Å². The van der Waals surface area contributed by atoms with Crippen LogP contribution >= 0.6 is 34.9 Å². The van der Waals surface area contributed by atoms with Crippen LogP contribution in [0.1, 0.15) is 37.4 Å². The molecule has 1 aromatic carbocycles. The van der Waals surface area contributed by atoms with Gasteiger partial charge >= 0.3 is 12.1 Å². The molecule has 4 rings (SSSR count). The van der Waals surface area contributed by atoms with Gasteiger partial charge in [0.05, 0.1) is 6.54 Å². The van der Waals surface area contributed by atoms with Crippen LogP contribution in [-0.2, 0) is 25.7 Å². The van der Waals surface area contributed by atoms with Crippen LogP contribution in [0.4, 0.5) is 4.79 Å². The molecular formula is C24H27N5O7S3. The van der Waals surface area contributed by atoms with E-state index in [0.29, 0.717) is 26.2 Å². The smallest absolute Gasteiger partial charge is 0.408 e. The summed E-state index contributed by atoms with van der Waals surface area (Å²) in [5, 5.41) is 33.5. The summed E-state index contributed by atoms with van der Waals surface area (Å²) in [4.78, 5) is 50.5. The van der Waals surface area contributed by atoms with Gasteiger partial charge in [-0.1, -0.05) is 53.4 Å². The number of aliphatic hydroxyl groups is 1. The highest BCUT2D eigenvalue weighted by atomic mass is 32.2. The third-order valence-corrected chi connectivity index (χ3v) is 8.99. The lowest BCUT2D eigenvalue weighted by Gasteiger charge is -2.49. The maximum Gasteiger partial charge on any atom is 0.408 e. The van der Waals surface area contributed by atoms with Crippen molar-refractivity contribution in [3.63, 3.8) is 0 Å². The van der Waals surface area contributed by atoms with Crippen molar-refractivity contribution in [2.75, 3.05) is 11.5 Å². The number of amides is 3. The normalized spacial score (nSPS) is 19.6. The highest BCUT2D eigenvalue weighted by Gasteiger charge is 2.54. The number of carboxylic acid groups (broad SMARTS) is 1. The van der Waals surface area contributed by atoms with Crippen molar-refractivity contribution in [1.29, 1.82) is 0 Å². The van der Waals surface area contributed by atoms with E-state index >= 15 is 0 Å². The molecule has 1 aromatic heterocycles. The number of ether oxygens (including phenoxy) is 1. The average molecular weight is 594 g/mol. The van der Waals surface area contributed by atoms with Crippen LogP contribution in [-0.4, -0.2) is 77.7 Å². The van der Waals surface area contributed by atoms with Gasteiger partial charge in [-0.2, -0.15) is 0 Å². The summed E-state index contributed by atoms with van der Waals surface area (Å²) >= 11 is 3.88. The minimum Gasteiger partial charge on any atom is -0.477 e. The minimum atomic E-state index is -1.45. The zero-order valence-corrected chi connectivity index (χ0v) is 23.7. The molecule has 0 spiro atoms. The van der Waals surface area contributed by atoms with E-state index in [9.17, 15) is 29.4 Å².